The quantitative estimate of drug-likeness (QED) is 0.865. The zero-order chi connectivity index (χ0) is 16.2. The van der Waals surface area contributed by atoms with Gasteiger partial charge in [-0.05, 0) is 43.4 Å². The third-order valence-electron chi connectivity index (χ3n) is 4.53. The minimum atomic E-state index is -0.465. The van der Waals surface area contributed by atoms with Crippen molar-refractivity contribution in [3.05, 3.63) is 35.6 Å². The second kappa shape index (κ2) is 7.38. The van der Waals surface area contributed by atoms with E-state index in [0.29, 0.717) is 19.6 Å². The number of nitrogens with two attached hydrogens (primary N) is 1. The van der Waals surface area contributed by atoms with E-state index < -0.39 is 6.10 Å². The van der Waals surface area contributed by atoms with Crippen LogP contribution in [0.3, 0.4) is 0 Å². The highest BCUT2D eigenvalue weighted by Crippen LogP contribution is 2.28. The first-order valence-corrected chi connectivity index (χ1v) is 8.20. The van der Waals surface area contributed by atoms with Crippen LogP contribution >= 0.6 is 0 Å². The summed E-state index contributed by atoms with van der Waals surface area (Å²) in [6, 6.07) is 5.91. The Balaban J connectivity index is 1.71. The van der Waals surface area contributed by atoms with Gasteiger partial charge in [0.15, 0.2) is 0 Å². The van der Waals surface area contributed by atoms with Crippen molar-refractivity contribution in [3.63, 3.8) is 0 Å². The number of carbonyl (C=O) groups is 1. The number of carbonyl (C=O) groups excluding carboxylic acids is 1. The number of hydrogen-bond donors (Lipinski definition) is 2. The maximum atomic E-state index is 13.2. The molecule has 23 heavy (non-hydrogen) atoms. The van der Waals surface area contributed by atoms with E-state index in [9.17, 15) is 9.18 Å². The molecule has 0 aliphatic carbocycles. The normalized spacial score (nSPS) is 28.7. The maximum Gasteiger partial charge on any atom is 0.249 e. The highest BCUT2D eigenvalue weighted by Gasteiger charge is 2.34. The summed E-state index contributed by atoms with van der Waals surface area (Å²) >= 11 is 0. The predicted octanol–water partition coefficient (Wildman–Crippen LogP) is 1.67. The average molecular weight is 322 g/mol. The second-order valence-corrected chi connectivity index (χ2v) is 6.15. The summed E-state index contributed by atoms with van der Waals surface area (Å²) in [7, 11) is 0. The number of hydrogen-bond acceptors (Lipinski definition) is 4. The van der Waals surface area contributed by atoms with Crippen molar-refractivity contribution in [2.75, 3.05) is 13.2 Å². The van der Waals surface area contributed by atoms with Gasteiger partial charge in [-0.25, -0.2) is 4.39 Å². The number of nitrogens with one attached hydrogen (secondary N) is 1. The molecule has 1 aromatic carbocycles. The molecular formula is C17H23FN2O3. The van der Waals surface area contributed by atoms with Crippen molar-refractivity contribution in [3.8, 4) is 0 Å². The largest absolute Gasteiger partial charge is 0.376 e. The Bertz CT molecular complexity index is 531. The Kier molecular flexibility index (Phi) is 5.25. The van der Waals surface area contributed by atoms with Gasteiger partial charge in [-0.2, -0.15) is 0 Å². The van der Waals surface area contributed by atoms with Gasteiger partial charge in [0.05, 0.1) is 18.2 Å². The smallest absolute Gasteiger partial charge is 0.249 e. The lowest BCUT2D eigenvalue weighted by molar-refractivity contribution is -0.133. The predicted molar refractivity (Wildman–Crippen MR) is 83.2 cm³/mol. The third kappa shape index (κ3) is 3.88. The van der Waals surface area contributed by atoms with E-state index >= 15 is 0 Å². The first-order valence-electron chi connectivity index (χ1n) is 8.20. The van der Waals surface area contributed by atoms with Gasteiger partial charge in [0.2, 0.25) is 5.91 Å². The molecule has 0 radical (unpaired) electrons. The first kappa shape index (κ1) is 16.4. The Hall–Kier alpha value is -1.50. The fourth-order valence-corrected chi connectivity index (χ4v) is 3.24. The Morgan fingerprint density at radius 1 is 1.30 bits per heavy atom. The molecule has 1 aromatic rings. The SMILES string of the molecule is NC[C@H]1CC[C@@H](C(=O)NC(c2ccc(F)cc2)C2CCCO2)O1. The molecule has 2 aliphatic heterocycles. The van der Waals surface area contributed by atoms with Crippen LogP contribution in [-0.2, 0) is 14.3 Å². The van der Waals surface area contributed by atoms with Gasteiger partial charge in [-0.3, -0.25) is 4.79 Å². The van der Waals surface area contributed by atoms with Gasteiger partial charge in [0.1, 0.15) is 11.9 Å². The number of ether oxygens (including phenoxy) is 2. The number of halogens is 1. The van der Waals surface area contributed by atoms with Gasteiger partial charge in [-0.1, -0.05) is 12.1 Å². The number of benzene rings is 1. The van der Waals surface area contributed by atoms with E-state index in [1.807, 2.05) is 0 Å². The van der Waals surface area contributed by atoms with Gasteiger partial charge < -0.3 is 20.5 Å². The maximum absolute atomic E-state index is 13.2. The molecule has 2 aliphatic rings. The van der Waals surface area contributed by atoms with Crippen LogP contribution in [0.4, 0.5) is 4.39 Å². The van der Waals surface area contributed by atoms with Crippen molar-refractivity contribution in [1.82, 2.24) is 5.32 Å². The molecule has 3 rings (SSSR count). The van der Waals surface area contributed by atoms with Crippen LogP contribution < -0.4 is 11.1 Å². The van der Waals surface area contributed by atoms with Crippen molar-refractivity contribution in [2.24, 2.45) is 5.73 Å². The third-order valence-corrected chi connectivity index (χ3v) is 4.53. The lowest BCUT2D eigenvalue weighted by atomic mass is 9.98. The molecule has 5 nitrogen and oxygen atoms in total. The van der Waals surface area contributed by atoms with E-state index in [1.165, 1.54) is 12.1 Å². The van der Waals surface area contributed by atoms with Crippen molar-refractivity contribution in [1.29, 1.82) is 0 Å². The standard InChI is InChI=1S/C17H23FN2O3/c18-12-5-3-11(4-6-12)16(14-2-1-9-22-14)20-17(21)15-8-7-13(10-19)23-15/h3-6,13-16H,1-2,7-10,19H2,(H,20,21)/t13-,14?,15+,16?/m1/s1. The summed E-state index contributed by atoms with van der Waals surface area (Å²) in [6.45, 7) is 1.12. The molecule has 126 valence electrons. The Labute approximate surface area is 135 Å². The summed E-state index contributed by atoms with van der Waals surface area (Å²) in [5, 5.41) is 3.03. The zero-order valence-electron chi connectivity index (χ0n) is 13.0. The molecule has 4 atom stereocenters. The molecule has 2 saturated heterocycles. The van der Waals surface area contributed by atoms with Crippen LogP contribution in [-0.4, -0.2) is 37.4 Å². The summed E-state index contributed by atoms with van der Waals surface area (Å²) < 4.78 is 24.6. The molecule has 0 spiro atoms. The lowest BCUT2D eigenvalue weighted by Crippen LogP contribution is -2.42. The van der Waals surface area contributed by atoms with Gasteiger partial charge in [-0.15, -0.1) is 0 Å². The molecule has 2 unspecified atom stereocenters. The summed E-state index contributed by atoms with van der Waals surface area (Å²) in [4.78, 5) is 12.5. The highest BCUT2D eigenvalue weighted by atomic mass is 19.1. The monoisotopic (exact) mass is 322 g/mol. The molecule has 2 fully saturated rings. The van der Waals surface area contributed by atoms with E-state index in [0.717, 1.165) is 24.8 Å². The topological polar surface area (TPSA) is 73.6 Å². The molecule has 0 aromatic heterocycles. The highest BCUT2D eigenvalue weighted by molar-refractivity contribution is 5.81. The second-order valence-electron chi connectivity index (χ2n) is 6.15. The van der Waals surface area contributed by atoms with Crippen LogP contribution in [0.25, 0.3) is 0 Å². The fraction of sp³-hybridized carbons (Fsp3) is 0.588. The summed E-state index contributed by atoms with van der Waals surface area (Å²) in [5.74, 6) is -0.443. The molecule has 6 heteroatoms. The average Bonchev–Trinajstić information content (AvgIpc) is 3.25. The van der Waals surface area contributed by atoms with E-state index in [4.69, 9.17) is 15.2 Å². The fourth-order valence-electron chi connectivity index (χ4n) is 3.24. The van der Waals surface area contributed by atoms with Gasteiger partial charge >= 0.3 is 0 Å². The van der Waals surface area contributed by atoms with E-state index in [1.54, 1.807) is 12.1 Å². The summed E-state index contributed by atoms with van der Waals surface area (Å²) in [6.07, 6.45) is 2.72. The Morgan fingerprint density at radius 3 is 2.70 bits per heavy atom. The van der Waals surface area contributed by atoms with E-state index in [2.05, 4.69) is 5.32 Å². The summed E-state index contributed by atoms with van der Waals surface area (Å²) in [5.41, 5.74) is 6.44. The van der Waals surface area contributed by atoms with Crippen molar-refractivity contribution >= 4 is 5.91 Å². The lowest BCUT2D eigenvalue weighted by Gasteiger charge is -2.26. The molecule has 0 bridgehead atoms. The first-order chi connectivity index (χ1) is 11.2. The minimum Gasteiger partial charge on any atom is -0.376 e. The van der Waals surface area contributed by atoms with Crippen molar-refractivity contribution in [2.45, 2.75) is 50.0 Å². The molecule has 2 heterocycles. The molecule has 0 saturated carbocycles. The molecule has 3 N–H and O–H groups in total. The molecule has 1 amide bonds. The van der Waals surface area contributed by atoms with Crippen LogP contribution in [0.1, 0.15) is 37.3 Å². The zero-order valence-corrected chi connectivity index (χ0v) is 13.0. The van der Waals surface area contributed by atoms with Gasteiger partial charge in [0, 0.05) is 13.2 Å². The Morgan fingerprint density at radius 2 is 2.09 bits per heavy atom. The number of amides is 1. The van der Waals surface area contributed by atoms with Crippen molar-refractivity contribution < 1.29 is 18.7 Å². The van der Waals surface area contributed by atoms with Crippen LogP contribution in [0.2, 0.25) is 0 Å². The minimum absolute atomic E-state index is 0.0437. The van der Waals surface area contributed by atoms with Crippen LogP contribution in [0, 0.1) is 5.82 Å². The van der Waals surface area contributed by atoms with E-state index in [-0.39, 0.29) is 30.0 Å². The van der Waals surface area contributed by atoms with Crippen LogP contribution in [0.15, 0.2) is 24.3 Å². The molecular weight excluding hydrogens is 299 g/mol. The van der Waals surface area contributed by atoms with Gasteiger partial charge in [0.25, 0.3) is 0 Å². The number of rotatable bonds is 5. The van der Waals surface area contributed by atoms with Crippen LogP contribution in [0.5, 0.6) is 0 Å².